The Morgan fingerprint density at radius 3 is 2.29 bits per heavy atom. The maximum absolute atomic E-state index is 8.44. The fourth-order valence-corrected chi connectivity index (χ4v) is 0.313. The van der Waals surface area contributed by atoms with E-state index in [9.17, 15) is 0 Å². The van der Waals surface area contributed by atoms with Crippen molar-refractivity contribution in [2.24, 2.45) is 0 Å². The highest BCUT2D eigenvalue weighted by molar-refractivity contribution is 6.62. The highest BCUT2D eigenvalue weighted by atomic mass is 16.3. The van der Waals surface area contributed by atoms with Gasteiger partial charge in [0.15, 0.2) is 7.85 Å². The first-order chi connectivity index (χ1) is 3.13. The molecular formula is C4H8BNO. The SMILES string of the molecule is BC(=N)/C=C(/C)O. The normalized spacial score (nSPS) is 11.3. The van der Waals surface area contributed by atoms with E-state index < -0.39 is 0 Å². The van der Waals surface area contributed by atoms with Crippen LogP contribution in [0.25, 0.3) is 0 Å². The fourth-order valence-electron chi connectivity index (χ4n) is 0.313. The van der Waals surface area contributed by atoms with E-state index in [-0.39, 0.29) is 5.76 Å². The molecule has 2 nitrogen and oxygen atoms in total. The second kappa shape index (κ2) is 2.45. The molecule has 0 rings (SSSR count). The van der Waals surface area contributed by atoms with Crippen molar-refractivity contribution < 1.29 is 5.11 Å². The quantitative estimate of drug-likeness (QED) is 0.271. The molecule has 0 heterocycles. The van der Waals surface area contributed by atoms with E-state index >= 15 is 0 Å². The molecule has 0 aromatic rings. The van der Waals surface area contributed by atoms with Crippen LogP contribution in [0.1, 0.15) is 6.92 Å². The number of hydrogen-bond acceptors (Lipinski definition) is 2. The first-order valence-electron chi connectivity index (χ1n) is 2.05. The second-order valence-electron chi connectivity index (χ2n) is 1.47. The van der Waals surface area contributed by atoms with Gasteiger partial charge in [-0.05, 0) is 18.6 Å². The molecule has 0 aliphatic heterocycles. The van der Waals surface area contributed by atoms with E-state index in [0.29, 0.717) is 5.61 Å². The lowest BCUT2D eigenvalue weighted by Crippen LogP contribution is -1.88. The van der Waals surface area contributed by atoms with Gasteiger partial charge in [0.25, 0.3) is 0 Å². The number of aliphatic hydroxyl groups is 1. The Bertz CT molecular complexity index is 104. The van der Waals surface area contributed by atoms with Crippen molar-refractivity contribution in [3.63, 3.8) is 0 Å². The van der Waals surface area contributed by atoms with Crippen LogP contribution in [0, 0.1) is 5.41 Å². The summed E-state index contributed by atoms with van der Waals surface area (Å²) in [5.74, 6) is 0.188. The molecule has 0 atom stereocenters. The molecule has 0 radical (unpaired) electrons. The molecule has 0 saturated carbocycles. The average Bonchev–Trinajstić information content (AvgIpc) is 1.27. The average molecular weight is 96.9 g/mol. The van der Waals surface area contributed by atoms with Gasteiger partial charge >= 0.3 is 0 Å². The molecule has 2 N–H and O–H groups in total. The molecule has 0 unspecified atom stereocenters. The minimum atomic E-state index is 0.188. The molecule has 0 aliphatic rings. The highest BCUT2D eigenvalue weighted by Crippen LogP contribution is 1.80. The smallest absolute Gasteiger partial charge is 0.163 e. The molecule has 0 fully saturated rings. The predicted molar refractivity (Wildman–Crippen MR) is 32.7 cm³/mol. The van der Waals surface area contributed by atoms with Gasteiger partial charge in [0.2, 0.25) is 0 Å². The van der Waals surface area contributed by atoms with Crippen LogP contribution in [0.3, 0.4) is 0 Å². The van der Waals surface area contributed by atoms with Gasteiger partial charge in [0.1, 0.15) is 0 Å². The van der Waals surface area contributed by atoms with E-state index in [4.69, 9.17) is 10.5 Å². The zero-order valence-electron chi connectivity index (χ0n) is 4.52. The van der Waals surface area contributed by atoms with Crippen LogP contribution in [-0.2, 0) is 0 Å². The maximum Gasteiger partial charge on any atom is 0.163 e. The Morgan fingerprint density at radius 2 is 2.29 bits per heavy atom. The van der Waals surface area contributed by atoms with Crippen LogP contribution in [0.5, 0.6) is 0 Å². The Morgan fingerprint density at radius 1 is 1.86 bits per heavy atom. The molecule has 0 aromatic carbocycles. The van der Waals surface area contributed by atoms with Crippen LogP contribution < -0.4 is 0 Å². The number of allylic oxidation sites excluding steroid dienone is 2. The van der Waals surface area contributed by atoms with Crippen LogP contribution in [0.15, 0.2) is 11.8 Å². The number of nitrogens with one attached hydrogen (secondary N) is 1. The first kappa shape index (κ1) is 6.27. The standard InChI is InChI=1S/C4H8BNO/c1-3(7)2-4(5)6/h2,6-7H,5H2,1H3/b3-2-,6-4?. The van der Waals surface area contributed by atoms with E-state index in [0.717, 1.165) is 0 Å². The number of rotatable bonds is 1. The van der Waals surface area contributed by atoms with Crippen molar-refractivity contribution in [2.45, 2.75) is 6.92 Å². The van der Waals surface area contributed by atoms with Gasteiger partial charge in [0.05, 0.1) is 5.76 Å². The van der Waals surface area contributed by atoms with Crippen molar-refractivity contribution in [1.29, 1.82) is 5.41 Å². The molecule has 7 heavy (non-hydrogen) atoms. The summed E-state index contributed by atoms with van der Waals surface area (Å²) in [6.45, 7) is 1.54. The largest absolute Gasteiger partial charge is 0.513 e. The molecule has 0 bridgehead atoms. The van der Waals surface area contributed by atoms with E-state index in [1.807, 2.05) is 0 Å². The van der Waals surface area contributed by atoms with Crippen molar-refractivity contribution in [1.82, 2.24) is 0 Å². The molecule has 0 aromatic heterocycles. The van der Waals surface area contributed by atoms with Crippen LogP contribution in [0.4, 0.5) is 0 Å². The summed E-state index contributed by atoms with van der Waals surface area (Å²) >= 11 is 0. The lowest BCUT2D eigenvalue weighted by atomic mass is 10.0. The lowest BCUT2D eigenvalue weighted by molar-refractivity contribution is 0.415. The second-order valence-corrected chi connectivity index (χ2v) is 1.47. The van der Waals surface area contributed by atoms with Gasteiger partial charge < -0.3 is 10.5 Å². The molecule has 0 spiro atoms. The first-order valence-corrected chi connectivity index (χ1v) is 2.05. The maximum atomic E-state index is 8.44. The molecule has 3 heteroatoms. The summed E-state index contributed by atoms with van der Waals surface area (Å²) in [4.78, 5) is 0. The molecule has 0 saturated heterocycles. The van der Waals surface area contributed by atoms with E-state index in [2.05, 4.69) is 0 Å². The number of aliphatic hydroxyl groups excluding tert-OH is 1. The van der Waals surface area contributed by atoms with E-state index in [1.54, 1.807) is 7.85 Å². The van der Waals surface area contributed by atoms with Gasteiger partial charge in [-0.1, -0.05) is 0 Å². The minimum absolute atomic E-state index is 0.188. The van der Waals surface area contributed by atoms with Crippen molar-refractivity contribution in [3.05, 3.63) is 11.8 Å². The fraction of sp³-hybridized carbons (Fsp3) is 0.250. The molecule has 38 valence electrons. The highest BCUT2D eigenvalue weighted by Gasteiger charge is 1.78. The summed E-state index contributed by atoms with van der Waals surface area (Å²) in [6, 6.07) is 0. The van der Waals surface area contributed by atoms with Crippen molar-refractivity contribution >= 4 is 13.5 Å². The summed E-state index contributed by atoms with van der Waals surface area (Å²) in [5, 5.41) is 15.2. The summed E-state index contributed by atoms with van der Waals surface area (Å²) in [5.41, 5.74) is 0.375. The van der Waals surface area contributed by atoms with Gasteiger partial charge in [-0.25, -0.2) is 0 Å². The Balaban J connectivity index is 3.68. The third-order valence-corrected chi connectivity index (χ3v) is 0.425. The topological polar surface area (TPSA) is 44.1 Å². The van der Waals surface area contributed by atoms with Gasteiger partial charge in [-0.3, -0.25) is 0 Å². The van der Waals surface area contributed by atoms with Crippen molar-refractivity contribution in [2.75, 3.05) is 0 Å². The zero-order valence-corrected chi connectivity index (χ0v) is 4.52. The minimum Gasteiger partial charge on any atom is -0.513 e. The predicted octanol–water partition coefficient (Wildman–Crippen LogP) is 0.0586. The van der Waals surface area contributed by atoms with Crippen LogP contribution >= 0.6 is 0 Å². The van der Waals surface area contributed by atoms with E-state index in [1.165, 1.54) is 13.0 Å². The Hall–Kier alpha value is -0.725. The van der Waals surface area contributed by atoms with Crippen LogP contribution in [-0.4, -0.2) is 18.6 Å². The summed E-state index contributed by atoms with van der Waals surface area (Å²) in [7, 11) is 1.61. The zero-order chi connectivity index (χ0) is 5.86. The molecule has 0 aliphatic carbocycles. The summed E-state index contributed by atoms with van der Waals surface area (Å²) in [6.07, 6.45) is 1.39. The molecule has 0 amide bonds. The van der Waals surface area contributed by atoms with Crippen LogP contribution in [0.2, 0.25) is 0 Å². The Kier molecular flexibility index (Phi) is 2.19. The van der Waals surface area contributed by atoms with Crippen molar-refractivity contribution in [3.8, 4) is 0 Å². The summed E-state index contributed by atoms with van der Waals surface area (Å²) < 4.78 is 0. The third kappa shape index (κ3) is 5.27. The third-order valence-electron chi connectivity index (χ3n) is 0.425. The molecular weight excluding hydrogens is 88.9 g/mol. The monoisotopic (exact) mass is 97.1 g/mol. The van der Waals surface area contributed by atoms with Gasteiger partial charge in [0, 0.05) is 0 Å². The van der Waals surface area contributed by atoms with Gasteiger partial charge in [-0.15, -0.1) is 0 Å². The Labute approximate surface area is 43.8 Å². The lowest BCUT2D eigenvalue weighted by Gasteiger charge is -1.83. The van der Waals surface area contributed by atoms with Gasteiger partial charge in [-0.2, -0.15) is 0 Å². The number of hydrogen-bond donors (Lipinski definition) is 2.